The molecule has 2 aromatic heterocycles. The summed E-state index contributed by atoms with van der Waals surface area (Å²) in [5.74, 6) is -0.497. The number of ether oxygens (including phenoxy) is 2. The zero-order valence-electron chi connectivity index (χ0n) is 20.9. The number of aromatic nitrogens is 3. The Hall–Kier alpha value is -3.34. The number of nitrogens with zero attached hydrogens (tertiary/aromatic N) is 3. The summed E-state index contributed by atoms with van der Waals surface area (Å²) in [6.07, 6.45) is 3.60. The van der Waals surface area contributed by atoms with Crippen LogP contribution in [0.25, 0.3) is 27.9 Å². The number of anilines is 1. The van der Waals surface area contributed by atoms with E-state index in [2.05, 4.69) is 20.3 Å². The van der Waals surface area contributed by atoms with Gasteiger partial charge in [-0.15, -0.1) is 5.06 Å². The monoisotopic (exact) mass is 495 g/mol. The molecule has 0 radical (unpaired) electrons. The van der Waals surface area contributed by atoms with Gasteiger partial charge in [-0.05, 0) is 63.5 Å². The average Bonchev–Trinajstić information content (AvgIpc) is 3.24. The largest absolute Gasteiger partial charge is 0.430 e. The average molecular weight is 496 g/mol. The molecule has 0 atom stereocenters. The van der Waals surface area contributed by atoms with Crippen molar-refractivity contribution in [3.8, 4) is 11.3 Å². The van der Waals surface area contributed by atoms with Crippen LogP contribution in [0.1, 0.15) is 38.4 Å². The Bertz CT molecular complexity index is 1320. The van der Waals surface area contributed by atoms with Crippen LogP contribution in [0.15, 0.2) is 30.6 Å². The minimum absolute atomic E-state index is 0.00335. The van der Waals surface area contributed by atoms with E-state index in [1.165, 1.54) is 23.5 Å². The number of rotatable bonds is 5. The summed E-state index contributed by atoms with van der Waals surface area (Å²) in [5.41, 5.74) is 4.60. The fourth-order valence-electron chi connectivity index (χ4n) is 4.45. The summed E-state index contributed by atoms with van der Waals surface area (Å²) in [7, 11) is 0. The highest BCUT2D eigenvalue weighted by molar-refractivity contribution is 5.96. The van der Waals surface area contributed by atoms with Crippen molar-refractivity contribution in [1.82, 2.24) is 20.0 Å². The molecular weight excluding hydrogens is 465 g/mol. The van der Waals surface area contributed by atoms with E-state index in [4.69, 9.17) is 14.3 Å². The van der Waals surface area contributed by atoms with Gasteiger partial charge in [0.05, 0.1) is 49.4 Å². The van der Waals surface area contributed by atoms with E-state index in [0.29, 0.717) is 54.5 Å². The third kappa shape index (κ3) is 5.25. The van der Waals surface area contributed by atoms with E-state index in [-0.39, 0.29) is 11.7 Å². The summed E-state index contributed by atoms with van der Waals surface area (Å²) in [6, 6.07) is 4.67. The first-order valence-corrected chi connectivity index (χ1v) is 12.0. The number of carbonyl (C=O) groups excluding carboxylic acids is 1. The van der Waals surface area contributed by atoms with Crippen LogP contribution in [0.3, 0.4) is 0 Å². The Kier molecular flexibility index (Phi) is 6.50. The van der Waals surface area contributed by atoms with Crippen LogP contribution in [-0.2, 0) is 14.3 Å². The smallest absolute Gasteiger partial charge is 0.377 e. The molecule has 2 N–H and O–H groups in total. The first kappa shape index (κ1) is 24.4. The lowest BCUT2D eigenvalue weighted by atomic mass is 10.0. The van der Waals surface area contributed by atoms with Gasteiger partial charge in [0, 0.05) is 16.6 Å². The highest BCUT2D eigenvalue weighted by Crippen LogP contribution is 2.34. The molecule has 36 heavy (non-hydrogen) atoms. The Morgan fingerprint density at radius 1 is 1.25 bits per heavy atom. The second kappa shape index (κ2) is 9.61. The van der Waals surface area contributed by atoms with Crippen molar-refractivity contribution in [3.63, 3.8) is 0 Å². The number of aromatic amines is 1. The zero-order chi connectivity index (χ0) is 25.4. The molecule has 1 aromatic carbocycles. The highest BCUT2D eigenvalue weighted by atomic mass is 19.1. The molecule has 3 aromatic rings. The number of H-pyrrole nitrogens is 1. The van der Waals surface area contributed by atoms with Crippen LogP contribution < -0.4 is 5.32 Å². The number of amides is 1. The van der Waals surface area contributed by atoms with Gasteiger partial charge in [-0.2, -0.15) is 0 Å². The van der Waals surface area contributed by atoms with Crippen molar-refractivity contribution in [2.24, 2.45) is 0 Å². The standard InChI is InChI=1S/C26H30FN5O4/c1-15-19(23-20-11-22(16-5-7-34-8-6-16)30-24(20)29-14-28-23)9-17(27)10-21(15)31-25(33)36-32-12-18(13-32)35-26(2,3)4/h5,9-11,14,18H,6-8,12-13H2,1-4H3,(H,31,33)(H,28,29,30). The fraction of sp³-hybridized carbons (Fsp3) is 0.423. The number of hydrogen-bond donors (Lipinski definition) is 2. The third-order valence-electron chi connectivity index (χ3n) is 6.15. The lowest BCUT2D eigenvalue weighted by Gasteiger charge is -2.40. The van der Waals surface area contributed by atoms with Crippen LogP contribution in [0.2, 0.25) is 0 Å². The second-order valence-corrected chi connectivity index (χ2v) is 10.1. The molecule has 190 valence electrons. The first-order valence-electron chi connectivity index (χ1n) is 12.0. The summed E-state index contributed by atoms with van der Waals surface area (Å²) in [6.45, 7) is 9.95. The molecule has 0 aliphatic carbocycles. The van der Waals surface area contributed by atoms with E-state index in [1.54, 1.807) is 0 Å². The number of halogens is 1. The number of hydrogen-bond acceptors (Lipinski definition) is 7. The Labute approximate surface area is 208 Å². The molecule has 0 unspecified atom stereocenters. The van der Waals surface area contributed by atoms with E-state index in [9.17, 15) is 9.18 Å². The fourth-order valence-corrected chi connectivity index (χ4v) is 4.45. The van der Waals surface area contributed by atoms with Crippen molar-refractivity contribution in [2.75, 3.05) is 31.6 Å². The molecule has 0 spiro atoms. The predicted molar refractivity (Wildman–Crippen MR) is 134 cm³/mol. The van der Waals surface area contributed by atoms with Crippen molar-refractivity contribution in [1.29, 1.82) is 0 Å². The van der Waals surface area contributed by atoms with Crippen molar-refractivity contribution in [3.05, 3.63) is 47.7 Å². The normalized spacial score (nSPS) is 17.1. The zero-order valence-corrected chi connectivity index (χ0v) is 20.9. The minimum Gasteiger partial charge on any atom is -0.377 e. The van der Waals surface area contributed by atoms with Gasteiger partial charge in [0.2, 0.25) is 0 Å². The molecule has 0 bridgehead atoms. The Balaban J connectivity index is 1.35. The number of nitrogens with one attached hydrogen (secondary N) is 2. The van der Waals surface area contributed by atoms with E-state index < -0.39 is 11.9 Å². The molecule has 4 heterocycles. The van der Waals surface area contributed by atoms with Crippen molar-refractivity contribution in [2.45, 2.75) is 45.8 Å². The van der Waals surface area contributed by atoms with Gasteiger partial charge in [-0.3, -0.25) is 5.32 Å². The number of fused-ring (bicyclic) bond motifs is 1. The molecule has 1 saturated heterocycles. The van der Waals surface area contributed by atoms with Gasteiger partial charge < -0.3 is 19.3 Å². The maximum absolute atomic E-state index is 14.7. The molecular formula is C26H30FN5O4. The Morgan fingerprint density at radius 3 is 2.78 bits per heavy atom. The van der Waals surface area contributed by atoms with Gasteiger partial charge in [0.25, 0.3) is 0 Å². The lowest BCUT2D eigenvalue weighted by Crippen LogP contribution is -2.55. The summed E-state index contributed by atoms with van der Waals surface area (Å²) in [4.78, 5) is 30.0. The molecule has 1 amide bonds. The molecule has 10 heteroatoms. The first-order chi connectivity index (χ1) is 17.2. The minimum atomic E-state index is -0.688. The van der Waals surface area contributed by atoms with Crippen molar-refractivity contribution >= 4 is 28.4 Å². The molecule has 2 aliphatic rings. The summed E-state index contributed by atoms with van der Waals surface area (Å²) in [5, 5.41) is 4.96. The van der Waals surface area contributed by atoms with Crippen LogP contribution in [0, 0.1) is 12.7 Å². The molecule has 0 saturated carbocycles. The third-order valence-corrected chi connectivity index (χ3v) is 6.15. The summed E-state index contributed by atoms with van der Waals surface area (Å²) >= 11 is 0. The van der Waals surface area contributed by atoms with Crippen LogP contribution >= 0.6 is 0 Å². The second-order valence-electron chi connectivity index (χ2n) is 10.1. The SMILES string of the molecule is Cc1c(NC(=O)ON2CC(OC(C)(C)C)C2)cc(F)cc1-c1ncnc2[nH]c(C3=CCOCC3)cc12. The molecule has 9 nitrogen and oxygen atoms in total. The highest BCUT2D eigenvalue weighted by Gasteiger charge is 2.34. The predicted octanol–water partition coefficient (Wildman–Crippen LogP) is 4.84. The quantitative estimate of drug-likeness (QED) is 0.522. The Morgan fingerprint density at radius 2 is 2.06 bits per heavy atom. The van der Waals surface area contributed by atoms with Crippen molar-refractivity contribution < 1.29 is 23.5 Å². The van der Waals surface area contributed by atoms with Gasteiger partial charge in [0.15, 0.2) is 0 Å². The number of hydroxylamine groups is 2. The maximum Gasteiger partial charge on any atom is 0.430 e. The van der Waals surface area contributed by atoms with E-state index in [1.807, 2.05) is 39.8 Å². The van der Waals surface area contributed by atoms with Crippen LogP contribution in [0.5, 0.6) is 0 Å². The lowest BCUT2D eigenvalue weighted by molar-refractivity contribution is -0.224. The maximum atomic E-state index is 14.7. The molecule has 1 fully saturated rings. The van der Waals surface area contributed by atoms with E-state index >= 15 is 0 Å². The van der Waals surface area contributed by atoms with Gasteiger partial charge in [0.1, 0.15) is 17.8 Å². The van der Waals surface area contributed by atoms with Gasteiger partial charge in [-0.1, -0.05) is 6.08 Å². The van der Waals surface area contributed by atoms with Crippen LogP contribution in [0.4, 0.5) is 14.9 Å². The molecule has 2 aliphatic heterocycles. The summed E-state index contributed by atoms with van der Waals surface area (Å²) < 4.78 is 26.0. The number of carbonyl (C=O) groups is 1. The van der Waals surface area contributed by atoms with Gasteiger partial charge >= 0.3 is 6.09 Å². The van der Waals surface area contributed by atoms with E-state index in [0.717, 1.165) is 23.1 Å². The molecule has 5 rings (SSSR count). The topological polar surface area (TPSA) is 102 Å². The van der Waals surface area contributed by atoms with Gasteiger partial charge in [-0.25, -0.2) is 19.2 Å². The van der Waals surface area contributed by atoms with Crippen LogP contribution in [-0.4, -0.2) is 64.1 Å². The number of benzene rings is 1.